The highest BCUT2D eigenvalue weighted by molar-refractivity contribution is 5.79. The molecule has 2 N–H and O–H groups in total. The largest absolute Gasteiger partial charge is 0.354 e. The van der Waals surface area contributed by atoms with Crippen LogP contribution in [0.2, 0.25) is 0 Å². The highest BCUT2D eigenvalue weighted by atomic mass is 19.1. The van der Waals surface area contributed by atoms with Crippen LogP contribution in [0.25, 0.3) is 0 Å². The number of nitrogens with zero attached hydrogens (tertiary/aromatic N) is 3. The normalized spacial score (nSPS) is 12.8. The summed E-state index contributed by atoms with van der Waals surface area (Å²) in [6.45, 7) is 10.1. The van der Waals surface area contributed by atoms with Crippen LogP contribution in [0.15, 0.2) is 23.2 Å². The molecule has 1 atom stereocenters. The molecule has 25 heavy (non-hydrogen) atoms. The first kappa shape index (κ1) is 20.9. The lowest BCUT2D eigenvalue weighted by Gasteiger charge is -2.21. The smallest absolute Gasteiger partial charge is 0.191 e. The van der Waals surface area contributed by atoms with Crippen molar-refractivity contribution in [2.75, 3.05) is 26.7 Å². The van der Waals surface area contributed by atoms with Gasteiger partial charge in [0.1, 0.15) is 5.82 Å². The molecule has 1 unspecified atom stereocenters. The number of halogens is 1. The summed E-state index contributed by atoms with van der Waals surface area (Å²) >= 11 is 0. The Hall–Kier alpha value is -2.13. The second-order valence-corrected chi connectivity index (χ2v) is 6.06. The quantitative estimate of drug-likeness (QED) is 0.533. The average molecular weight is 347 g/mol. The minimum Gasteiger partial charge on any atom is -0.354 e. The fourth-order valence-electron chi connectivity index (χ4n) is 2.60. The molecule has 0 saturated heterocycles. The number of aliphatic imine (C=N–C) groups is 1. The van der Waals surface area contributed by atoms with Crippen LogP contribution in [0, 0.1) is 17.1 Å². The second kappa shape index (κ2) is 11.4. The van der Waals surface area contributed by atoms with E-state index in [1.165, 1.54) is 6.07 Å². The SMILES string of the molecule is CCN(CC)CCCC(C)NC(=NC)NCc1ccc(C#N)cc1F. The standard InChI is InChI=1S/C19H30FN5/c1-5-25(6-2)11-7-8-15(3)24-19(22-4)23-14-17-10-9-16(13-21)12-18(17)20/h9-10,12,15H,5-8,11,14H2,1-4H3,(H2,22,23,24). The first-order valence-corrected chi connectivity index (χ1v) is 8.92. The zero-order valence-corrected chi connectivity index (χ0v) is 15.8. The molecule has 0 bridgehead atoms. The lowest BCUT2D eigenvalue weighted by molar-refractivity contribution is 0.292. The summed E-state index contributed by atoms with van der Waals surface area (Å²) in [5.74, 6) is 0.272. The van der Waals surface area contributed by atoms with Crippen LogP contribution >= 0.6 is 0 Å². The topological polar surface area (TPSA) is 63.4 Å². The Labute approximate surface area is 150 Å². The fourth-order valence-corrected chi connectivity index (χ4v) is 2.60. The molecule has 1 aromatic rings. The molecule has 1 aromatic carbocycles. The molecule has 0 saturated carbocycles. The summed E-state index contributed by atoms with van der Waals surface area (Å²) in [5.41, 5.74) is 0.835. The van der Waals surface area contributed by atoms with Crippen LogP contribution in [0.4, 0.5) is 4.39 Å². The summed E-state index contributed by atoms with van der Waals surface area (Å²) < 4.78 is 13.9. The Morgan fingerprint density at radius 3 is 2.64 bits per heavy atom. The van der Waals surface area contributed by atoms with Crippen molar-refractivity contribution >= 4 is 5.96 Å². The lowest BCUT2D eigenvalue weighted by Crippen LogP contribution is -2.42. The molecule has 0 spiro atoms. The molecular formula is C19H30FN5. The van der Waals surface area contributed by atoms with E-state index in [0.29, 0.717) is 23.6 Å². The fraction of sp³-hybridized carbons (Fsp3) is 0.579. The number of hydrogen-bond acceptors (Lipinski definition) is 3. The van der Waals surface area contributed by atoms with E-state index in [-0.39, 0.29) is 11.9 Å². The molecule has 138 valence electrons. The molecule has 0 aromatic heterocycles. The van der Waals surface area contributed by atoms with Crippen molar-refractivity contribution in [3.05, 3.63) is 35.1 Å². The van der Waals surface area contributed by atoms with E-state index in [1.807, 2.05) is 6.07 Å². The van der Waals surface area contributed by atoms with Gasteiger partial charge in [-0.1, -0.05) is 19.9 Å². The monoisotopic (exact) mass is 347 g/mol. The summed E-state index contributed by atoms with van der Waals surface area (Å²) in [7, 11) is 1.70. The average Bonchev–Trinajstić information content (AvgIpc) is 2.62. The van der Waals surface area contributed by atoms with Crippen molar-refractivity contribution in [1.29, 1.82) is 5.26 Å². The summed E-state index contributed by atoms with van der Waals surface area (Å²) in [5, 5.41) is 15.2. The third-order valence-corrected chi connectivity index (χ3v) is 4.24. The van der Waals surface area contributed by atoms with Gasteiger partial charge in [0.15, 0.2) is 5.96 Å². The van der Waals surface area contributed by atoms with E-state index < -0.39 is 0 Å². The Morgan fingerprint density at radius 2 is 2.08 bits per heavy atom. The zero-order valence-electron chi connectivity index (χ0n) is 15.8. The van der Waals surface area contributed by atoms with Crippen molar-refractivity contribution < 1.29 is 4.39 Å². The van der Waals surface area contributed by atoms with Gasteiger partial charge in [-0.3, -0.25) is 4.99 Å². The first-order valence-electron chi connectivity index (χ1n) is 8.92. The number of benzene rings is 1. The van der Waals surface area contributed by atoms with Crippen LogP contribution in [0.1, 0.15) is 44.7 Å². The van der Waals surface area contributed by atoms with E-state index in [1.54, 1.807) is 19.2 Å². The van der Waals surface area contributed by atoms with Crippen molar-refractivity contribution in [3.8, 4) is 6.07 Å². The minimum atomic E-state index is -0.380. The highest BCUT2D eigenvalue weighted by Gasteiger charge is 2.08. The van der Waals surface area contributed by atoms with Crippen LogP contribution in [0.5, 0.6) is 0 Å². The Morgan fingerprint density at radius 1 is 1.36 bits per heavy atom. The molecule has 0 aliphatic rings. The molecule has 0 radical (unpaired) electrons. The lowest BCUT2D eigenvalue weighted by atomic mass is 10.1. The van der Waals surface area contributed by atoms with E-state index in [2.05, 4.69) is 41.3 Å². The number of rotatable bonds is 9. The van der Waals surface area contributed by atoms with Crippen LogP contribution < -0.4 is 10.6 Å². The van der Waals surface area contributed by atoms with Crippen molar-refractivity contribution in [3.63, 3.8) is 0 Å². The predicted octanol–water partition coefficient (Wildman–Crippen LogP) is 2.87. The van der Waals surface area contributed by atoms with E-state index in [9.17, 15) is 4.39 Å². The third kappa shape index (κ3) is 7.53. The second-order valence-electron chi connectivity index (χ2n) is 6.06. The predicted molar refractivity (Wildman–Crippen MR) is 101 cm³/mol. The minimum absolute atomic E-state index is 0.285. The van der Waals surface area contributed by atoms with Gasteiger partial charge in [-0.05, 0) is 51.5 Å². The molecule has 0 amide bonds. The van der Waals surface area contributed by atoms with Gasteiger partial charge in [0.2, 0.25) is 0 Å². The van der Waals surface area contributed by atoms with Crippen molar-refractivity contribution in [2.45, 2.75) is 46.2 Å². The van der Waals surface area contributed by atoms with Gasteiger partial charge in [0.25, 0.3) is 0 Å². The first-order chi connectivity index (χ1) is 12.0. The Bertz CT molecular complexity index is 590. The number of hydrogen-bond donors (Lipinski definition) is 2. The summed E-state index contributed by atoms with van der Waals surface area (Å²) in [4.78, 5) is 6.60. The maximum Gasteiger partial charge on any atom is 0.191 e. The molecule has 5 nitrogen and oxygen atoms in total. The Kier molecular flexibility index (Phi) is 9.56. The Balaban J connectivity index is 2.43. The van der Waals surface area contributed by atoms with Crippen molar-refractivity contribution in [1.82, 2.24) is 15.5 Å². The van der Waals surface area contributed by atoms with Gasteiger partial charge >= 0.3 is 0 Å². The molecule has 6 heteroatoms. The number of nitrogens with one attached hydrogen (secondary N) is 2. The molecular weight excluding hydrogens is 317 g/mol. The van der Waals surface area contributed by atoms with E-state index >= 15 is 0 Å². The maximum atomic E-state index is 13.9. The molecule has 0 heterocycles. The maximum absolute atomic E-state index is 13.9. The van der Waals surface area contributed by atoms with Gasteiger partial charge in [0.05, 0.1) is 11.6 Å². The molecule has 0 fully saturated rings. The van der Waals surface area contributed by atoms with Crippen molar-refractivity contribution in [2.24, 2.45) is 4.99 Å². The van der Waals surface area contributed by atoms with E-state index in [4.69, 9.17) is 5.26 Å². The van der Waals surface area contributed by atoms with Crippen LogP contribution in [-0.2, 0) is 6.54 Å². The van der Waals surface area contributed by atoms with Gasteiger partial charge in [-0.2, -0.15) is 5.26 Å². The van der Waals surface area contributed by atoms with Gasteiger partial charge in [0, 0.05) is 25.2 Å². The number of nitriles is 1. The molecule has 1 rings (SSSR count). The molecule has 0 aliphatic heterocycles. The summed E-state index contributed by atoms with van der Waals surface area (Å²) in [6.07, 6.45) is 2.17. The van der Waals surface area contributed by atoms with Gasteiger partial charge < -0.3 is 15.5 Å². The van der Waals surface area contributed by atoms with Gasteiger partial charge in [-0.25, -0.2) is 4.39 Å². The zero-order chi connectivity index (χ0) is 18.7. The van der Waals surface area contributed by atoms with Crippen LogP contribution in [0.3, 0.4) is 0 Å². The van der Waals surface area contributed by atoms with Gasteiger partial charge in [-0.15, -0.1) is 0 Å². The highest BCUT2D eigenvalue weighted by Crippen LogP contribution is 2.09. The molecule has 0 aliphatic carbocycles. The van der Waals surface area contributed by atoms with Crippen LogP contribution in [-0.4, -0.2) is 43.6 Å². The van der Waals surface area contributed by atoms with E-state index in [0.717, 1.165) is 32.5 Å². The summed E-state index contributed by atoms with van der Waals surface area (Å²) in [6, 6.07) is 6.71. The number of guanidine groups is 1. The third-order valence-electron chi connectivity index (χ3n) is 4.24.